The zero-order valence-corrected chi connectivity index (χ0v) is 9.71. The summed E-state index contributed by atoms with van der Waals surface area (Å²) in [6.07, 6.45) is 1.28. The van der Waals surface area contributed by atoms with Crippen molar-refractivity contribution in [1.82, 2.24) is 4.98 Å². The number of hydrogen-bond acceptors (Lipinski definition) is 4. The smallest absolute Gasteiger partial charge is 0.347 e. The number of hydrogen-bond donors (Lipinski definition) is 2. The monoisotopic (exact) mass is 252 g/mol. The maximum Gasteiger partial charge on any atom is 0.347 e. The first kappa shape index (κ1) is 11.5. The topological polar surface area (TPSA) is 62.2 Å². The quantitative estimate of drug-likeness (QED) is 0.881. The second kappa shape index (κ2) is 4.50. The molecule has 0 aliphatic carbocycles. The number of aromatic nitrogens is 1. The summed E-state index contributed by atoms with van der Waals surface area (Å²) in [6.45, 7) is 1.66. The van der Waals surface area contributed by atoms with Gasteiger partial charge in [0.1, 0.15) is 10.7 Å². The van der Waals surface area contributed by atoms with Crippen molar-refractivity contribution in [2.45, 2.75) is 6.92 Å². The van der Waals surface area contributed by atoms with Crippen molar-refractivity contribution in [2.24, 2.45) is 0 Å². The number of benzene rings is 1. The maximum absolute atomic E-state index is 13.0. The molecule has 4 nitrogen and oxygen atoms in total. The van der Waals surface area contributed by atoms with Crippen LogP contribution in [0.1, 0.15) is 15.2 Å². The summed E-state index contributed by atoms with van der Waals surface area (Å²) in [6, 6.07) is 4.56. The van der Waals surface area contributed by atoms with Gasteiger partial charge in [0.25, 0.3) is 0 Å². The minimum Gasteiger partial charge on any atom is -0.477 e. The Kier molecular flexibility index (Phi) is 3.06. The van der Waals surface area contributed by atoms with Crippen molar-refractivity contribution in [3.8, 4) is 0 Å². The summed E-state index contributed by atoms with van der Waals surface area (Å²) in [5.74, 6) is -1.29. The normalized spacial score (nSPS) is 10.2. The van der Waals surface area contributed by atoms with Crippen LogP contribution in [0.5, 0.6) is 0 Å². The summed E-state index contributed by atoms with van der Waals surface area (Å²) < 4.78 is 13.0. The van der Waals surface area contributed by atoms with Gasteiger partial charge < -0.3 is 10.4 Å². The SMILES string of the molecule is Cc1cc(Nc2ncc(C(=O)O)s2)ccc1F. The first-order chi connectivity index (χ1) is 8.06. The minimum absolute atomic E-state index is 0.159. The lowest BCUT2D eigenvalue weighted by Crippen LogP contribution is -1.91. The van der Waals surface area contributed by atoms with Gasteiger partial charge in [0.15, 0.2) is 5.13 Å². The number of nitrogens with one attached hydrogen (secondary N) is 1. The molecule has 1 aromatic heterocycles. The Morgan fingerprint density at radius 1 is 1.53 bits per heavy atom. The van der Waals surface area contributed by atoms with Gasteiger partial charge in [-0.05, 0) is 30.7 Å². The molecular formula is C11H9FN2O2S. The van der Waals surface area contributed by atoms with Gasteiger partial charge in [-0.1, -0.05) is 11.3 Å². The highest BCUT2D eigenvalue weighted by Crippen LogP contribution is 2.23. The van der Waals surface area contributed by atoms with E-state index in [4.69, 9.17) is 5.11 Å². The molecule has 0 saturated heterocycles. The summed E-state index contributed by atoms with van der Waals surface area (Å²) in [5.41, 5.74) is 1.19. The molecule has 0 fully saturated rings. The van der Waals surface area contributed by atoms with Crippen LogP contribution in [0.3, 0.4) is 0 Å². The highest BCUT2D eigenvalue weighted by molar-refractivity contribution is 7.17. The molecule has 2 rings (SSSR count). The van der Waals surface area contributed by atoms with Crippen LogP contribution in [0.25, 0.3) is 0 Å². The van der Waals surface area contributed by atoms with Crippen molar-refractivity contribution in [2.75, 3.05) is 5.32 Å². The molecule has 0 bridgehead atoms. The number of thiazole rings is 1. The van der Waals surface area contributed by atoms with Crippen LogP contribution in [0, 0.1) is 12.7 Å². The third kappa shape index (κ3) is 2.59. The zero-order valence-electron chi connectivity index (χ0n) is 8.90. The molecular weight excluding hydrogens is 243 g/mol. The van der Waals surface area contributed by atoms with Crippen LogP contribution in [-0.2, 0) is 0 Å². The summed E-state index contributed by atoms with van der Waals surface area (Å²) in [4.78, 5) is 14.7. The van der Waals surface area contributed by atoms with Crippen molar-refractivity contribution in [3.63, 3.8) is 0 Å². The van der Waals surface area contributed by atoms with E-state index in [0.717, 1.165) is 11.3 Å². The number of aromatic carboxylic acids is 1. The Morgan fingerprint density at radius 2 is 2.29 bits per heavy atom. The van der Waals surface area contributed by atoms with E-state index in [2.05, 4.69) is 10.3 Å². The van der Waals surface area contributed by atoms with Gasteiger partial charge in [-0.2, -0.15) is 0 Å². The molecule has 0 aliphatic heterocycles. The fraction of sp³-hybridized carbons (Fsp3) is 0.0909. The van der Waals surface area contributed by atoms with E-state index in [0.29, 0.717) is 16.4 Å². The molecule has 0 unspecified atom stereocenters. The predicted molar refractivity (Wildman–Crippen MR) is 63.5 cm³/mol. The number of aryl methyl sites for hydroxylation is 1. The molecule has 88 valence electrons. The van der Waals surface area contributed by atoms with Crippen LogP contribution < -0.4 is 5.32 Å². The largest absolute Gasteiger partial charge is 0.477 e. The summed E-state index contributed by atoms with van der Waals surface area (Å²) in [5, 5.41) is 12.1. The molecule has 1 aromatic carbocycles. The summed E-state index contributed by atoms with van der Waals surface area (Å²) >= 11 is 1.03. The van der Waals surface area contributed by atoms with E-state index in [9.17, 15) is 9.18 Å². The van der Waals surface area contributed by atoms with Gasteiger partial charge in [-0.3, -0.25) is 0 Å². The fourth-order valence-electron chi connectivity index (χ4n) is 1.28. The average Bonchev–Trinajstić information content (AvgIpc) is 2.72. The molecule has 6 heteroatoms. The van der Waals surface area contributed by atoms with Gasteiger partial charge in [-0.15, -0.1) is 0 Å². The highest BCUT2D eigenvalue weighted by atomic mass is 32.1. The molecule has 0 spiro atoms. The van der Waals surface area contributed by atoms with Gasteiger partial charge >= 0.3 is 5.97 Å². The third-order valence-electron chi connectivity index (χ3n) is 2.13. The lowest BCUT2D eigenvalue weighted by molar-refractivity contribution is 0.0702. The molecule has 2 N–H and O–H groups in total. The van der Waals surface area contributed by atoms with Gasteiger partial charge in [0.05, 0.1) is 6.20 Å². The first-order valence-corrected chi connectivity index (χ1v) is 5.60. The molecule has 0 radical (unpaired) electrons. The lowest BCUT2D eigenvalue weighted by Gasteiger charge is -2.03. The van der Waals surface area contributed by atoms with Gasteiger partial charge in [-0.25, -0.2) is 14.2 Å². The highest BCUT2D eigenvalue weighted by Gasteiger charge is 2.08. The van der Waals surface area contributed by atoms with E-state index >= 15 is 0 Å². The number of rotatable bonds is 3. The van der Waals surface area contributed by atoms with E-state index in [1.165, 1.54) is 12.3 Å². The number of anilines is 2. The van der Waals surface area contributed by atoms with E-state index in [-0.39, 0.29) is 10.7 Å². The molecule has 0 aliphatic rings. The van der Waals surface area contributed by atoms with Crippen LogP contribution >= 0.6 is 11.3 Å². The molecule has 17 heavy (non-hydrogen) atoms. The zero-order chi connectivity index (χ0) is 12.4. The first-order valence-electron chi connectivity index (χ1n) is 4.78. The van der Waals surface area contributed by atoms with E-state index < -0.39 is 5.97 Å². The fourth-order valence-corrected chi connectivity index (χ4v) is 1.95. The summed E-state index contributed by atoms with van der Waals surface area (Å²) in [7, 11) is 0. The molecule has 0 amide bonds. The Labute approximate surface area is 101 Å². The molecule has 0 atom stereocenters. The van der Waals surface area contributed by atoms with Gasteiger partial charge in [0, 0.05) is 5.69 Å². The number of carbonyl (C=O) groups is 1. The maximum atomic E-state index is 13.0. The lowest BCUT2D eigenvalue weighted by atomic mass is 10.2. The van der Waals surface area contributed by atoms with E-state index in [1.54, 1.807) is 19.1 Å². The number of nitrogens with zero attached hydrogens (tertiary/aromatic N) is 1. The molecule has 1 heterocycles. The van der Waals surface area contributed by atoms with Crippen LogP contribution in [0.15, 0.2) is 24.4 Å². The number of carboxylic acids is 1. The second-order valence-electron chi connectivity index (χ2n) is 3.42. The molecule has 2 aromatic rings. The second-order valence-corrected chi connectivity index (χ2v) is 4.45. The third-order valence-corrected chi connectivity index (χ3v) is 3.03. The Morgan fingerprint density at radius 3 is 2.88 bits per heavy atom. The van der Waals surface area contributed by atoms with Crippen LogP contribution in [0.2, 0.25) is 0 Å². The Bertz CT molecular complexity index is 568. The van der Waals surface area contributed by atoms with Crippen molar-refractivity contribution in [3.05, 3.63) is 40.7 Å². The van der Waals surface area contributed by atoms with Crippen molar-refractivity contribution >= 4 is 28.1 Å². The number of halogens is 1. The minimum atomic E-state index is -1.01. The van der Waals surface area contributed by atoms with Crippen LogP contribution in [-0.4, -0.2) is 16.1 Å². The standard InChI is InChI=1S/C11H9FN2O2S/c1-6-4-7(2-3-8(6)12)14-11-13-5-9(17-11)10(15)16/h2-5H,1H3,(H,13,14)(H,15,16). The van der Waals surface area contributed by atoms with Crippen LogP contribution in [0.4, 0.5) is 15.2 Å². The van der Waals surface area contributed by atoms with Crippen molar-refractivity contribution in [1.29, 1.82) is 0 Å². The molecule has 0 saturated carbocycles. The number of carboxylic acid groups (broad SMARTS) is 1. The Hall–Kier alpha value is -1.95. The van der Waals surface area contributed by atoms with Gasteiger partial charge in [0.2, 0.25) is 0 Å². The van der Waals surface area contributed by atoms with E-state index in [1.807, 2.05) is 0 Å². The average molecular weight is 252 g/mol. The van der Waals surface area contributed by atoms with Crippen molar-refractivity contribution < 1.29 is 14.3 Å². The predicted octanol–water partition coefficient (Wildman–Crippen LogP) is 3.03. The Balaban J connectivity index is 2.19.